The monoisotopic (exact) mass is 341 g/mol. The molecule has 0 aromatic heterocycles. The molecule has 2 fully saturated rings. The number of hydrogen-bond donors (Lipinski definition) is 1. The highest BCUT2D eigenvalue weighted by Crippen LogP contribution is 2.56. The van der Waals surface area contributed by atoms with Gasteiger partial charge in [0.2, 0.25) is 5.91 Å². The van der Waals surface area contributed by atoms with Crippen molar-refractivity contribution in [1.29, 1.82) is 0 Å². The Morgan fingerprint density at radius 3 is 2.29 bits per heavy atom. The van der Waals surface area contributed by atoms with Gasteiger partial charge in [-0.3, -0.25) is 4.79 Å². The van der Waals surface area contributed by atoms with E-state index in [-0.39, 0.29) is 11.8 Å². The van der Waals surface area contributed by atoms with Crippen molar-refractivity contribution in [2.75, 3.05) is 11.4 Å². The molecule has 1 spiro atoms. The molecule has 1 aliphatic carbocycles. The summed E-state index contributed by atoms with van der Waals surface area (Å²) in [5, 5.41) is 11.1. The Labute approximate surface area is 139 Å². The van der Waals surface area contributed by atoms with E-state index in [2.05, 4.69) is 0 Å². The van der Waals surface area contributed by atoms with Crippen LogP contribution in [0.25, 0.3) is 0 Å². The highest BCUT2D eigenvalue weighted by molar-refractivity contribution is 6.01. The number of carbonyl (C=O) groups excluding carboxylic acids is 1. The molecule has 0 radical (unpaired) electrons. The molecule has 1 aliphatic heterocycles. The second-order valence-corrected chi connectivity index (χ2v) is 7.27. The van der Waals surface area contributed by atoms with Crippen molar-refractivity contribution in [2.24, 2.45) is 11.3 Å². The fourth-order valence-electron chi connectivity index (χ4n) is 4.44. The van der Waals surface area contributed by atoms with Crippen LogP contribution in [0.1, 0.15) is 45.1 Å². The first kappa shape index (κ1) is 17.3. The molecular formula is C18H22F3NO2. The van der Waals surface area contributed by atoms with Crippen molar-refractivity contribution in [1.82, 2.24) is 0 Å². The molecule has 24 heavy (non-hydrogen) atoms. The highest BCUT2D eigenvalue weighted by Gasteiger charge is 2.63. The molecule has 0 unspecified atom stereocenters. The fraction of sp³-hybridized carbons (Fsp3) is 0.611. The number of rotatable bonds is 2. The van der Waals surface area contributed by atoms with Gasteiger partial charge in [0, 0.05) is 12.2 Å². The predicted octanol–water partition coefficient (Wildman–Crippen LogP) is 4.00. The Balaban J connectivity index is 1.90. The third kappa shape index (κ3) is 2.34. The second-order valence-electron chi connectivity index (χ2n) is 7.27. The number of anilines is 1. The van der Waals surface area contributed by atoms with Gasteiger partial charge in [-0.25, -0.2) is 0 Å². The molecule has 6 heteroatoms. The van der Waals surface area contributed by atoms with Crippen molar-refractivity contribution in [2.45, 2.75) is 51.3 Å². The fourth-order valence-corrected chi connectivity index (χ4v) is 4.44. The van der Waals surface area contributed by atoms with E-state index in [9.17, 15) is 23.1 Å². The maximum Gasteiger partial charge on any atom is 0.416 e. The summed E-state index contributed by atoms with van der Waals surface area (Å²) in [4.78, 5) is 14.6. The minimum Gasteiger partial charge on any atom is -0.388 e. The minimum absolute atomic E-state index is 0.0449. The first-order chi connectivity index (χ1) is 11.1. The lowest BCUT2D eigenvalue weighted by Gasteiger charge is -2.41. The van der Waals surface area contributed by atoms with Crippen molar-refractivity contribution < 1.29 is 23.1 Å². The molecule has 1 N–H and O–H groups in total. The molecule has 1 aromatic carbocycles. The van der Waals surface area contributed by atoms with E-state index in [1.165, 1.54) is 17.0 Å². The Morgan fingerprint density at radius 1 is 1.12 bits per heavy atom. The molecule has 2 aliphatic rings. The van der Waals surface area contributed by atoms with Crippen LogP contribution in [0.2, 0.25) is 0 Å². The zero-order chi connectivity index (χ0) is 17.8. The lowest BCUT2D eigenvalue weighted by molar-refractivity contribution is -0.146. The lowest BCUT2D eigenvalue weighted by Crippen LogP contribution is -2.52. The van der Waals surface area contributed by atoms with Gasteiger partial charge in [-0.2, -0.15) is 13.2 Å². The molecule has 2 atom stereocenters. The summed E-state index contributed by atoms with van der Waals surface area (Å²) in [6.07, 6.45) is -1.82. The summed E-state index contributed by atoms with van der Waals surface area (Å²) >= 11 is 0. The summed E-state index contributed by atoms with van der Waals surface area (Å²) in [6, 6.07) is 4.67. The number of hydrogen-bond acceptors (Lipinski definition) is 2. The second kappa shape index (κ2) is 5.48. The van der Waals surface area contributed by atoms with Gasteiger partial charge >= 0.3 is 6.18 Å². The minimum atomic E-state index is -4.39. The normalized spacial score (nSPS) is 30.8. The summed E-state index contributed by atoms with van der Waals surface area (Å²) in [5.41, 5.74) is -2.11. The van der Waals surface area contributed by atoms with Gasteiger partial charge in [-0.05, 0) is 55.9 Å². The lowest BCUT2D eigenvalue weighted by atomic mass is 9.67. The third-order valence-corrected chi connectivity index (χ3v) is 5.87. The molecule has 132 valence electrons. The molecule has 1 aromatic rings. The number of nitrogens with zero attached hydrogens (tertiary/aromatic N) is 1. The summed E-state index contributed by atoms with van der Waals surface area (Å²) in [6.45, 7) is 4.27. The average Bonchev–Trinajstić information content (AvgIpc) is 3.02. The van der Waals surface area contributed by atoms with Crippen molar-refractivity contribution in [3.8, 4) is 0 Å². The molecule has 3 rings (SSSR count). The number of halogens is 3. The SMILES string of the molecule is CC(C)[C@@]1(O)CCC[C@@]12CCN(c1ccc(C(F)(F)F)cc1)C2=O. The van der Waals surface area contributed by atoms with E-state index in [1.807, 2.05) is 13.8 Å². The quantitative estimate of drug-likeness (QED) is 0.883. The van der Waals surface area contributed by atoms with Crippen molar-refractivity contribution >= 4 is 11.6 Å². The van der Waals surface area contributed by atoms with Crippen LogP contribution >= 0.6 is 0 Å². The molecule has 1 saturated carbocycles. The van der Waals surface area contributed by atoms with Crippen LogP contribution in [0, 0.1) is 11.3 Å². The average molecular weight is 341 g/mol. The Bertz CT molecular complexity index is 641. The number of aliphatic hydroxyl groups is 1. The van der Waals surface area contributed by atoms with Gasteiger partial charge < -0.3 is 10.0 Å². The number of benzene rings is 1. The first-order valence-electron chi connectivity index (χ1n) is 8.33. The molecule has 1 saturated heterocycles. The Kier molecular flexibility index (Phi) is 3.94. The van der Waals surface area contributed by atoms with E-state index in [0.717, 1.165) is 18.6 Å². The predicted molar refractivity (Wildman–Crippen MR) is 84.5 cm³/mol. The van der Waals surface area contributed by atoms with Gasteiger partial charge in [0.25, 0.3) is 0 Å². The topological polar surface area (TPSA) is 40.5 Å². The van der Waals surface area contributed by atoms with E-state index in [4.69, 9.17) is 0 Å². The molecule has 3 nitrogen and oxygen atoms in total. The molecule has 0 bridgehead atoms. The maximum atomic E-state index is 13.1. The smallest absolute Gasteiger partial charge is 0.388 e. The van der Waals surface area contributed by atoms with E-state index >= 15 is 0 Å². The van der Waals surface area contributed by atoms with Gasteiger partial charge in [0.1, 0.15) is 0 Å². The highest BCUT2D eigenvalue weighted by atomic mass is 19.4. The van der Waals surface area contributed by atoms with Crippen LogP contribution < -0.4 is 4.90 Å². The van der Waals surface area contributed by atoms with Crippen molar-refractivity contribution in [3.63, 3.8) is 0 Å². The summed E-state index contributed by atoms with van der Waals surface area (Å²) in [7, 11) is 0. The van der Waals surface area contributed by atoms with E-state index < -0.39 is 22.8 Å². The number of carbonyl (C=O) groups is 1. The maximum absolute atomic E-state index is 13.1. The molecular weight excluding hydrogens is 319 g/mol. The van der Waals surface area contributed by atoms with Crippen molar-refractivity contribution in [3.05, 3.63) is 29.8 Å². The van der Waals surface area contributed by atoms with E-state index in [1.54, 1.807) is 0 Å². The van der Waals surface area contributed by atoms with Gasteiger partial charge in [0.05, 0.1) is 16.6 Å². The van der Waals surface area contributed by atoms with E-state index in [0.29, 0.717) is 31.5 Å². The first-order valence-corrected chi connectivity index (χ1v) is 8.33. The number of alkyl halides is 3. The van der Waals surface area contributed by atoms with Gasteiger partial charge in [0.15, 0.2) is 0 Å². The zero-order valence-electron chi connectivity index (χ0n) is 13.9. The number of amides is 1. The largest absolute Gasteiger partial charge is 0.416 e. The summed E-state index contributed by atoms with van der Waals surface area (Å²) in [5.74, 6) is -0.201. The van der Waals surface area contributed by atoms with Crippen LogP contribution in [-0.4, -0.2) is 23.2 Å². The molecule has 1 amide bonds. The van der Waals surface area contributed by atoms with Crippen LogP contribution in [0.15, 0.2) is 24.3 Å². The van der Waals surface area contributed by atoms with Crippen LogP contribution in [-0.2, 0) is 11.0 Å². The van der Waals surface area contributed by atoms with Gasteiger partial charge in [-0.1, -0.05) is 13.8 Å². The van der Waals surface area contributed by atoms with Gasteiger partial charge in [-0.15, -0.1) is 0 Å². The van der Waals surface area contributed by atoms with Crippen LogP contribution in [0.4, 0.5) is 18.9 Å². The zero-order valence-corrected chi connectivity index (χ0v) is 13.9. The third-order valence-electron chi connectivity index (χ3n) is 5.87. The molecule has 1 heterocycles. The summed E-state index contributed by atoms with van der Waals surface area (Å²) < 4.78 is 38.1. The Morgan fingerprint density at radius 2 is 1.75 bits per heavy atom. The van der Waals surface area contributed by atoms with Crippen LogP contribution in [0.5, 0.6) is 0 Å². The van der Waals surface area contributed by atoms with Crippen LogP contribution in [0.3, 0.4) is 0 Å². The Hall–Kier alpha value is -1.56. The standard InChI is InChI=1S/C18H22F3NO2/c1-12(2)17(24)9-3-8-16(17)10-11-22(15(16)23)14-6-4-13(5-7-14)18(19,20)21/h4-7,12,24H,3,8-11H2,1-2H3/t16-,17-/m0/s1.